The minimum Gasteiger partial charge on any atom is -0.307 e. The first kappa shape index (κ1) is 13.1. The van der Waals surface area contributed by atoms with Gasteiger partial charge in [-0.05, 0) is 41.7 Å². The van der Waals surface area contributed by atoms with Gasteiger partial charge in [-0.1, -0.05) is 0 Å². The van der Waals surface area contributed by atoms with E-state index in [0.29, 0.717) is 11.4 Å². The summed E-state index contributed by atoms with van der Waals surface area (Å²) in [6.07, 6.45) is 7.30. The summed E-state index contributed by atoms with van der Waals surface area (Å²) in [7, 11) is 0. The molecule has 3 heterocycles. The van der Waals surface area contributed by atoms with E-state index in [1.54, 1.807) is 28.3 Å². The molecule has 22 heavy (non-hydrogen) atoms. The van der Waals surface area contributed by atoms with E-state index in [1.165, 1.54) is 11.2 Å². The van der Waals surface area contributed by atoms with Gasteiger partial charge in [-0.15, -0.1) is 16.4 Å². The lowest BCUT2D eigenvalue weighted by Crippen LogP contribution is -2.17. The number of aryl methyl sites for hydroxylation is 1. The van der Waals surface area contributed by atoms with Gasteiger partial charge in [0.05, 0.1) is 11.8 Å². The van der Waals surface area contributed by atoms with Gasteiger partial charge in [0.1, 0.15) is 17.1 Å². The van der Waals surface area contributed by atoms with Gasteiger partial charge in [0.2, 0.25) is 0 Å². The first-order valence-electron chi connectivity index (χ1n) is 7.01. The number of fused-ring (bicyclic) bond motifs is 1. The van der Waals surface area contributed by atoms with Crippen LogP contribution in [-0.2, 0) is 12.8 Å². The SMILES string of the molecule is O=C(Nc1ccn[nH]1)c1c(-n2cnnn2)sc2c1CCCC2. The van der Waals surface area contributed by atoms with Crippen molar-refractivity contribution in [3.05, 3.63) is 34.6 Å². The van der Waals surface area contributed by atoms with E-state index in [1.807, 2.05) is 0 Å². The molecule has 1 amide bonds. The summed E-state index contributed by atoms with van der Waals surface area (Å²) in [6.45, 7) is 0. The fourth-order valence-electron chi connectivity index (χ4n) is 2.71. The van der Waals surface area contributed by atoms with Crippen molar-refractivity contribution in [2.45, 2.75) is 25.7 Å². The molecule has 0 aliphatic heterocycles. The maximum absolute atomic E-state index is 12.7. The monoisotopic (exact) mass is 315 g/mol. The molecule has 0 bridgehead atoms. The maximum Gasteiger partial charge on any atom is 0.260 e. The number of tetrazole rings is 1. The lowest BCUT2D eigenvalue weighted by atomic mass is 9.95. The molecule has 3 aromatic rings. The van der Waals surface area contributed by atoms with Crippen LogP contribution in [0.3, 0.4) is 0 Å². The van der Waals surface area contributed by atoms with Crippen molar-refractivity contribution >= 4 is 23.1 Å². The van der Waals surface area contributed by atoms with Crippen LogP contribution in [0.25, 0.3) is 5.00 Å². The second-order valence-electron chi connectivity index (χ2n) is 5.07. The molecular formula is C13H13N7OS. The average Bonchev–Trinajstić information content (AvgIpc) is 3.26. The number of anilines is 1. The van der Waals surface area contributed by atoms with Crippen LogP contribution in [0.2, 0.25) is 0 Å². The Balaban J connectivity index is 1.79. The van der Waals surface area contributed by atoms with Crippen molar-refractivity contribution in [1.82, 2.24) is 30.4 Å². The van der Waals surface area contributed by atoms with Gasteiger partial charge in [0, 0.05) is 10.9 Å². The molecule has 4 rings (SSSR count). The standard InChI is InChI=1S/C13H13N7OS/c21-12(16-10-5-6-14-17-10)11-8-3-1-2-4-9(8)22-13(11)20-7-15-18-19-20/h5-7H,1-4H2,(H2,14,16,17,21). The molecule has 0 aromatic carbocycles. The average molecular weight is 315 g/mol. The van der Waals surface area contributed by atoms with Gasteiger partial charge < -0.3 is 5.32 Å². The number of aromatic amines is 1. The van der Waals surface area contributed by atoms with E-state index in [0.717, 1.165) is 36.2 Å². The number of hydrogen-bond donors (Lipinski definition) is 2. The van der Waals surface area contributed by atoms with Crippen molar-refractivity contribution in [2.24, 2.45) is 0 Å². The minimum absolute atomic E-state index is 0.158. The van der Waals surface area contributed by atoms with Crippen LogP contribution < -0.4 is 5.32 Å². The Morgan fingerprint density at radius 2 is 2.27 bits per heavy atom. The first-order valence-corrected chi connectivity index (χ1v) is 7.83. The summed E-state index contributed by atoms with van der Waals surface area (Å²) in [5.41, 5.74) is 1.79. The van der Waals surface area contributed by atoms with Gasteiger partial charge in [-0.2, -0.15) is 9.78 Å². The van der Waals surface area contributed by atoms with Crippen molar-refractivity contribution < 1.29 is 4.79 Å². The van der Waals surface area contributed by atoms with Gasteiger partial charge in [0.15, 0.2) is 0 Å². The third kappa shape index (κ3) is 2.19. The van der Waals surface area contributed by atoms with Crippen molar-refractivity contribution in [1.29, 1.82) is 0 Å². The minimum atomic E-state index is -0.158. The predicted molar refractivity (Wildman–Crippen MR) is 80.2 cm³/mol. The number of aromatic nitrogens is 6. The smallest absolute Gasteiger partial charge is 0.260 e. The highest BCUT2D eigenvalue weighted by Gasteiger charge is 2.27. The lowest BCUT2D eigenvalue weighted by Gasteiger charge is -2.12. The molecular weight excluding hydrogens is 302 g/mol. The predicted octanol–water partition coefficient (Wildman–Crippen LogP) is 1.58. The van der Waals surface area contributed by atoms with Crippen LogP contribution >= 0.6 is 11.3 Å². The second-order valence-corrected chi connectivity index (χ2v) is 6.15. The number of rotatable bonds is 3. The fourth-order valence-corrected chi connectivity index (χ4v) is 4.01. The van der Waals surface area contributed by atoms with Crippen LogP contribution in [0.4, 0.5) is 5.82 Å². The third-order valence-electron chi connectivity index (χ3n) is 3.69. The lowest BCUT2D eigenvalue weighted by molar-refractivity contribution is 0.102. The Labute approximate surface area is 129 Å². The highest BCUT2D eigenvalue weighted by molar-refractivity contribution is 7.15. The molecule has 2 N–H and O–H groups in total. The van der Waals surface area contributed by atoms with Gasteiger partial charge in [-0.25, -0.2) is 0 Å². The summed E-state index contributed by atoms with van der Waals surface area (Å²) in [4.78, 5) is 14.0. The van der Waals surface area contributed by atoms with Crippen molar-refractivity contribution in [3.63, 3.8) is 0 Å². The van der Waals surface area contributed by atoms with Crippen LogP contribution in [0, 0.1) is 0 Å². The highest BCUT2D eigenvalue weighted by Crippen LogP contribution is 2.36. The first-order chi connectivity index (χ1) is 10.8. The van der Waals surface area contributed by atoms with Gasteiger partial charge in [0.25, 0.3) is 5.91 Å². The number of H-pyrrole nitrogens is 1. The molecule has 0 saturated carbocycles. The van der Waals surface area contributed by atoms with Crippen LogP contribution in [-0.4, -0.2) is 36.3 Å². The Morgan fingerprint density at radius 1 is 1.36 bits per heavy atom. The van der Waals surface area contributed by atoms with Crippen molar-refractivity contribution in [3.8, 4) is 5.00 Å². The summed E-state index contributed by atoms with van der Waals surface area (Å²) < 4.78 is 1.56. The summed E-state index contributed by atoms with van der Waals surface area (Å²) in [5.74, 6) is 0.414. The molecule has 0 unspecified atom stereocenters. The normalized spacial score (nSPS) is 13.8. The molecule has 0 fully saturated rings. The molecule has 0 atom stereocenters. The number of thiophene rings is 1. The molecule has 8 nitrogen and oxygen atoms in total. The van der Waals surface area contributed by atoms with E-state index >= 15 is 0 Å². The Kier molecular flexibility index (Phi) is 3.19. The zero-order valence-corrected chi connectivity index (χ0v) is 12.4. The zero-order valence-electron chi connectivity index (χ0n) is 11.6. The largest absolute Gasteiger partial charge is 0.307 e. The summed E-state index contributed by atoms with van der Waals surface area (Å²) >= 11 is 1.59. The van der Waals surface area contributed by atoms with Gasteiger partial charge in [-0.3, -0.25) is 9.89 Å². The molecule has 0 radical (unpaired) electrons. The second kappa shape index (κ2) is 5.34. The molecule has 1 aliphatic rings. The number of amides is 1. The summed E-state index contributed by atoms with van der Waals surface area (Å²) in [5, 5.41) is 21.5. The van der Waals surface area contributed by atoms with E-state index in [-0.39, 0.29) is 5.91 Å². The quantitative estimate of drug-likeness (QED) is 0.764. The number of hydrogen-bond acceptors (Lipinski definition) is 6. The van der Waals surface area contributed by atoms with Crippen LogP contribution in [0.5, 0.6) is 0 Å². The van der Waals surface area contributed by atoms with E-state index < -0.39 is 0 Å². The van der Waals surface area contributed by atoms with Crippen molar-refractivity contribution in [2.75, 3.05) is 5.32 Å². The number of nitrogens with one attached hydrogen (secondary N) is 2. The molecule has 112 valence electrons. The summed E-state index contributed by atoms with van der Waals surface area (Å²) in [6, 6.07) is 1.72. The molecule has 3 aromatic heterocycles. The van der Waals surface area contributed by atoms with E-state index in [9.17, 15) is 4.79 Å². The number of carbonyl (C=O) groups excluding carboxylic acids is 1. The van der Waals surface area contributed by atoms with Gasteiger partial charge >= 0.3 is 0 Å². The third-order valence-corrected chi connectivity index (χ3v) is 4.97. The molecule has 0 saturated heterocycles. The number of carbonyl (C=O) groups is 1. The Morgan fingerprint density at radius 3 is 3.05 bits per heavy atom. The number of nitrogens with zero attached hydrogens (tertiary/aromatic N) is 5. The topological polar surface area (TPSA) is 101 Å². The molecule has 1 aliphatic carbocycles. The zero-order chi connectivity index (χ0) is 14.9. The highest BCUT2D eigenvalue weighted by atomic mass is 32.1. The molecule has 9 heteroatoms. The Bertz CT molecular complexity index is 791. The van der Waals surface area contributed by atoms with E-state index in [4.69, 9.17) is 0 Å². The molecule has 0 spiro atoms. The van der Waals surface area contributed by atoms with Crippen LogP contribution in [0.15, 0.2) is 18.6 Å². The fraction of sp³-hybridized carbons (Fsp3) is 0.308. The maximum atomic E-state index is 12.7. The Hall–Kier alpha value is -2.55. The van der Waals surface area contributed by atoms with Crippen LogP contribution in [0.1, 0.15) is 33.6 Å². The van der Waals surface area contributed by atoms with E-state index in [2.05, 4.69) is 31.0 Å².